The lowest BCUT2D eigenvalue weighted by molar-refractivity contribution is -0.140. The van der Waals surface area contributed by atoms with E-state index in [0.29, 0.717) is 25.6 Å². The molecule has 0 unspecified atom stereocenters. The van der Waals surface area contributed by atoms with Crippen LogP contribution in [0.15, 0.2) is 29.1 Å². The van der Waals surface area contributed by atoms with Crippen molar-refractivity contribution in [3.8, 4) is 17.1 Å². The van der Waals surface area contributed by atoms with Crippen molar-refractivity contribution >= 4 is 0 Å². The summed E-state index contributed by atoms with van der Waals surface area (Å²) in [5, 5.41) is 0. The molecule has 0 amide bonds. The molecule has 2 aromatic rings. The second-order valence-corrected chi connectivity index (χ2v) is 7.16. The topological polar surface area (TPSA) is 62.6 Å². The molecule has 25 heavy (non-hydrogen) atoms. The molecule has 1 aromatic heterocycles. The van der Waals surface area contributed by atoms with Crippen molar-refractivity contribution in [2.75, 3.05) is 26.9 Å². The van der Waals surface area contributed by atoms with Crippen molar-refractivity contribution in [1.29, 1.82) is 0 Å². The molecular weight excluding hydrogens is 320 g/mol. The van der Waals surface area contributed by atoms with E-state index in [0.717, 1.165) is 36.5 Å². The Balaban J connectivity index is 1.55. The third-order valence-corrected chi connectivity index (χ3v) is 4.87. The molecule has 6 heteroatoms. The van der Waals surface area contributed by atoms with E-state index in [-0.39, 0.29) is 11.1 Å². The first-order valence-electron chi connectivity index (χ1n) is 8.52. The third kappa shape index (κ3) is 3.07. The van der Waals surface area contributed by atoms with Gasteiger partial charge in [0.25, 0.3) is 0 Å². The molecule has 0 bridgehead atoms. The first-order valence-corrected chi connectivity index (χ1v) is 8.52. The van der Waals surface area contributed by atoms with Crippen LogP contribution in [0.2, 0.25) is 0 Å². The predicted octanol–water partition coefficient (Wildman–Crippen LogP) is 2.03. The van der Waals surface area contributed by atoms with E-state index in [1.807, 2.05) is 6.07 Å². The van der Waals surface area contributed by atoms with Crippen LogP contribution in [0.4, 0.5) is 0 Å². The zero-order valence-electron chi connectivity index (χ0n) is 14.6. The Bertz CT molecular complexity index is 855. The van der Waals surface area contributed by atoms with Gasteiger partial charge in [-0.25, -0.2) is 4.79 Å². The number of ether oxygens (including phenoxy) is 3. The summed E-state index contributed by atoms with van der Waals surface area (Å²) >= 11 is 0. The average molecular weight is 342 g/mol. The van der Waals surface area contributed by atoms with Crippen molar-refractivity contribution in [2.24, 2.45) is 5.41 Å². The van der Waals surface area contributed by atoms with Crippen LogP contribution >= 0.6 is 0 Å². The van der Waals surface area contributed by atoms with Gasteiger partial charge in [0.05, 0.1) is 39.2 Å². The number of aryl methyl sites for hydroxylation is 1. The number of hydrogen-bond donors (Lipinski definition) is 0. The van der Waals surface area contributed by atoms with Crippen LogP contribution in [0.1, 0.15) is 18.1 Å². The monoisotopic (exact) mass is 342 g/mol. The van der Waals surface area contributed by atoms with E-state index in [1.54, 1.807) is 4.57 Å². The summed E-state index contributed by atoms with van der Waals surface area (Å²) in [5.41, 5.74) is 4.21. The lowest BCUT2D eigenvalue weighted by atomic mass is 9.90. The quantitative estimate of drug-likeness (QED) is 0.832. The van der Waals surface area contributed by atoms with Gasteiger partial charge in [-0.05, 0) is 17.5 Å². The molecule has 1 fully saturated rings. The molecule has 2 aliphatic rings. The van der Waals surface area contributed by atoms with Crippen LogP contribution in [0.25, 0.3) is 11.3 Å². The Morgan fingerprint density at radius 1 is 1.32 bits per heavy atom. The van der Waals surface area contributed by atoms with Gasteiger partial charge in [0.15, 0.2) is 0 Å². The lowest BCUT2D eigenvalue weighted by Gasteiger charge is -2.37. The summed E-state index contributed by atoms with van der Waals surface area (Å²) in [6.45, 7) is 5.68. The molecule has 0 aliphatic carbocycles. The first kappa shape index (κ1) is 16.3. The van der Waals surface area contributed by atoms with Crippen molar-refractivity contribution in [3.63, 3.8) is 0 Å². The standard InChI is InChI=1S/C19H22N2O4/c1-19(11-25-12-19)10-24-9-13-3-4-15-14(7-13)5-6-21-16(15)8-17(23-2)20-18(21)22/h3-4,7-8H,5-6,9-12H2,1-2H3. The second-order valence-electron chi connectivity index (χ2n) is 7.16. The van der Waals surface area contributed by atoms with Gasteiger partial charge >= 0.3 is 5.69 Å². The molecule has 1 aromatic carbocycles. The summed E-state index contributed by atoms with van der Waals surface area (Å²) in [7, 11) is 1.52. The number of fused-ring (bicyclic) bond motifs is 3. The maximum absolute atomic E-state index is 12.1. The van der Waals surface area contributed by atoms with E-state index < -0.39 is 0 Å². The van der Waals surface area contributed by atoms with Gasteiger partial charge in [0.2, 0.25) is 5.88 Å². The minimum atomic E-state index is -0.261. The van der Waals surface area contributed by atoms with E-state index in [4.69, 9.17) is 14.2 Å². The number of aromatic nitrogens is 2. The zero-order chi connectivity index (χ0) is 17.4. The lowest BCUT2D eigenvalue weighted by Crippen LogP contribution is -2.43. The molecule has 1 saturated heterocycles. The molecule has 2 aliphatic heterocycles. The van der Waals surface area contributed by atoms with E-state index in [9.17, 15) is 4.79 Å². The summed E-state index contributed by atoms with van der Waals surface area (Å²) in [6.07, 6.45) is 0.815. The Hall–Kier alpha value is -2.18. The van der Waals surface area contributed by atoms with Gasteiger partial charge in [-0.15, -0.1) is 0 Å². The highest BCUT2D eigenvalue weighted by molar-refractivity contribution is 5.67. The zero-order valence-corrected chi connectivity index (χ0v) is 14.6. The SMILES string of the molecule is COc1cc2n(c(=O)n1)CCc1cc(COCC3(C)COC3)ccc1-2. The van der Waals surface area contributed by atoms with Gasteiger partial charge in [-0.1, -0.05) is 25.1 Å². The van der Waals surface area contributed by atoms with Gasteiger partial charge in [0.1, 0.15) is 0 Å². The summed E-state index contributed by atoms with van der Waals surface area (Å²) in [4.78, 5) is 16.1. The van der Waals surface area contributed by atoms with Gasteiger partial charge in [-0.2, -0.15) is 4.98 Å². The number of hydrogen-bond acceptors (Lipinski definition) is 5. The largest absolute Gasteiger partial charge is 0.481 e. The summed E-state index contributed by atoms with van der Waals surface area (Å²) in [6, 6.07) is 8.13. The summed E-state index contributed by atoms with van der Waals surface area (Å²) in [5.74, 6) is 0.354. The molecule has 0 N–H and O–H groups in total. The maximum atomic E-state index is 12.1. The molecule has 4 rings (SSSR count). The fourth-order valence-electron chi connectivity index (χ4n) is 3.40. The minimum absolute atomic E-state index is 0.165. The smallest absolute Gasteiger partial charge is 0.351 e. The van der Waals surface area contributed by atoms with Crippen molar-refractivity contribution in [3.05, 3.63) is 45.9 Å². The molecule has 0 spiro atoms. The Kier molecular flexibility index (Phi) is 4.09. The van der Waals surface area contributed by atoms with Crippen LogP contribution in [-0.4, -0.2) is 36.5 Å². The Labute approximate surface area is 146 Å². The highest BCUT2D eigenvalue weighted by Gasteiger charge is 2.33. The average Bonchev–Trinajstić information content (AvgIpc) is 2.59. The first-order chi connectivity index (χ1) is 12.1. The third-order valence-electron chi connectivity index (χ3n) is 4.87. The van der Waals surface area contributed by atoms with Gasteiger partial charge in [0, 0.05) is 23.6 Å². The normalized spacial score (nSPS) is 17.4. The van der Waals surface area contributed by atoms with Crippen LogP contribution in [-0.2, 0) is 29.0 Å². The van der Waals surface area contributed by atoms with Crippen molar-refractivity contribution in [2.45, 2.75) is 26.5 Å². The molecule has 3 heterocycles. The van der Waals surface area contributed by atoms with Crippen LogP contribution in [0, 0.1) is 5.41 Å². The highest BCUT2D eigenvalue weighted by Crippen LogP contribution is 2.31. The number of benzene rings is 1. The van der Waals surface area contributed by atoms with Crippen molar-refractivity contribution in [1.82, 2.24) is 9.55 Å². The molecule has 0 saturated carbocycles. The fourth-order valence-corrected chi connectivity index (χ4v) is 3.40. The summed E-state index contributed by atoms with van der Waals surface area (Å²) < 4.78 is 18.0. The van der Waals surface area contributed by atoms with Crippen LogP contribution in [0.3, 0.4) is 0 Å². The predicted molar refractivity (Wildman–Crippen MR) is 92.8 cm³/mol. The molecule has 6 nitrogen and oxygen atoms in total. The number of methoxy groups -OCH3 is 1. The Morgan fingerprint density at radius 2 is 2.16 bits per heavy atom. The fraction of sp³-hybridized carbons (Fsp3) is 0.474. The second kappa shape index (κ2) is 6.28. The van der Waals surface area contributed by atoms with Crippen LogP contribution < -0.4 is 10.4 Å². The minimum Gasteiger partial charge on any atom is -0.481 e. The van der Waals surface area contributed by atoms with Crippen molar-refractivity contribution < 1.29 is 14.2 Å². The number of rotatable bonds is 5. The van der Waals surface area contributed by atoms with Crippen LogP contribution in [0.5, 0.6) is 5.88 Å². The number of nitrogens with zero attached hydrogens (tertiary/aromatic N) is 2. The van der Waals surface area contributed by atoms with Gasteiger partial charge < -0.3 is 14.2 Å². The molecular formula is C19H22N2O4. The maximum Gasteiger partial charge on any atom is 0.351 e. The molecule has 0 atom stereocenters. The molecule has 0 radical (unpaired) electrons. The van der Waals surface area contributed by atoms with Gasteiger partial charge in [-0.3, -0.25) is 4.57 Å². The molecule has 132 valence electrons. The highest BCUT2D eigenvalue weighted by atomic mass is 16.5. The van der Waals surface area contributed by atoms with E-state index >= 15 is 0 Å². The Morgan fingerprint density at radius 3 is 2.88 bits per heavy atom. The van der Waals surface area contributed by atoms with E-state index in [1.165, 1.54) is 12.7 Å². The van der Waals surface area contributed by atoms with E-state index in [2.05, 4.69) is 30.1 Å².